The van der Waals surface area contributed by atoms with Crippen molar-refractivity contribution >= 4 is 5.97 Å². The molecule has 2 rings (SSSR count). The Labute approximate surface area is 120 Å². The van der Waals surface area contributed by atoms with Gasteiger partial charge in [0.2, 0.25) is 0 Å². The number of hydrogen-bond acceptors (Lipinski definition) is 3. The smallest absolute Gasteiger partial charge is 0.310 e. The van der Waals surface area contributed by atoms with Crippen LogP contribution in [-0.4, -0.2) is 21.0 Å². The van der Waals surface area contributed by atoms with Gasteiger partial charge in [-0.05, 0) is 43.1 Å². The zero-order chi connectivity index (χ0) is 14.8. The van der Waals surface area contributed by atoms with Gasteiger partial charge in [0.05, 0.1) is 5.41 Å². The maximum atomic E-state index is 11.8. The Balaban J connectivity index is 2.12. The summed E-state index contributed by atoms with van der Waals surface area (Å²) in [5, 5.41) is 9.68. The maximum Gasteiger partial charge on any atom is 0.310 e. The number of aliphatic carboxylic acids is 1. The lowest BCUT2D eigenvalue weighted by Crippen LogP contribution is -2.40. The van der Waals surface area contributed by atoms with E-state index in [-0.39, 0.29) is 5.41 Å². The highest BCUT2D eigenvalue weighted by atomic mass is 16.4. The Morgan fingerprint density at radius 3 is 2.30 bits per heavy atom. The SMILES string of the molecule is CC(C)(C)C1CCC(Cc2ncccn2)(C(=O)O)CC1. The summed E-state index contributed by atoms with van der Waals surface area (Å²) < 4.78 is 0. The molecule has 1 N–H and O–H groups in total. The van der Waals surface area contributed by atoms with Crippen LogP contribution in [0.2, 0.25) is 0 Å². The van der Waals surface area contributed by atoms with Gasteiger partial charge in [-0.15, -0.1) is 0 Å². The van der Waals surface area contributed by atoms with Gasteiger partial charge in [-0.25, -0.2) is 9.97 Å². The molecule has 4 nitrogen and oxygen atoms in total. The van der Waals surface area contributed by atoms with Gasteiger partial charge in [0.15, 0.2) is 0 Å². The number of carboxylic acid groups (broad SMARTS) is 1. The highest BCUT2D eigenvalue weighted by molar-refractivity contribution is 5.75. The van der Waals surface area contributed by atoms with E-state index in [0.717, 1.165) is 25.7 Å². The molecule has 1 aromatic rings. The lowest BCUT2D eigenvalue weighted by molar-refractivity contribution is -0.152. The molecule has 0 spiro atoms. The minimum absolute atomic E-state index is 0.258. The minimum atomic E-state index is -0.697. The summed E-state index contributed by atoms with van der Waals surface area (Å²) in [6.45, 7) is 6.73. The third-order valence-electron chi connectivity index (χ3n) is 4.74. The van der Waals surface area contributed by atoms with E-state index in [0.29, 0.717) is 18.2 Å². The summed E-state index contributed by atoms with van der Waals surface area (Å²) in [6, 6.07) is 1.76. The monoisotopic (exact) mass is 276 g/mol. The molecule has 1 aliphatic carbocycles. The Kier molecular flexibility index (Phi) is 4.11. The second-order valence-electron chi connectivity index (χ2n) is 7.07. The van der Waals surface area contributed by atoms with Crippen molar-refractivity contribution in [2.24, 2.45) is 16.7 Å². The van der Waals surface area contributed by atoms with Gasteiger partial charge in [0.25, 0.3) is 0 Å². The molecule has 0 amide bonds. The van der Waals surface area contributed by atoms with E-state index in [4.69, 9.17) is 0 Å². The third kappa shape index (κ3) is 3.17. The Hall–Kier alpha value is -1.45. The summed E-state index contributed by atoms with van der Waals surface area (Å²) in [5.41, 5.74) is -0.420. The second kappa shape index (κ2) is 5.51. The summed E-state index contributed by atoms with van der Waals surface area (Å²) in [5.74, 6) is 0.549. The van der Waals surface area contributed by atoms with Crippen LogP contribution < -0.4 is 0 Å². The van der Waals surface area contributed by atoms with Crippen LogP contribution in [0.3, 0.4) is 0 Å². The van der Waals surface area contributed by atoms with Crippen molar-refractivity contribution in [2.75, 3.05) is 0 Å². The molecule has 1 saturated carbocycles. The fourth-order valence-electron chi connectivity index (χ4n) is 3.23. The van der Waals surface area contributed by atoms with E-state index in [1.807, 2.05) is 0 Å². The fourth-order valence-corrected chi connectivity index (χ4v) is 3.23. The van der Waals surface area contributed by atoms with Crippen molar-refractivity contribution in [2.45, 2.75) is 52.9 Å². The van der Waals surface area contributed by atoms with Crippen LogP contribution in [0.1, 0.15) is 52.3 Å². The van der Waals surface area contributed by atoms with Gasteiger partial charge in [-0.1, -0.05) is 20.8 Å². The molecule has 4 heteroatoms. The molecule has 0 radical (unpaired) electrons. The van der Waals surface area contributed by atoms with Gasteiger partial charge in [-0.2, -0.15) is 0 Å². The first-order valence-electron chi connectivity index (χ1n) is 7.33. The zero-order valence-corrected chi connectivity index (χ0v) is 12.6. The second-order valence-corrected chi connectivity index (χ2v) is 7.07. The molecular weight excluding hydrogens is 252 g/mol. The van der Waals surface area contributed by atoms with Crippen LogP contribution in [0.15, 0.2) is 18.5 Å². The Morgan fingerprint density at radius 2 is 1.85 bits per heavy atom. The van der Waals surface area contributed by atoms with Crippen LogP contribution >= 0.6 is 0 Å². The molecule has 0 saturated heterocycles. The lowest BCUT2D eigenvalue weighted by atomic mass is 9.63. The topological polar surface area (TPSA) is 63.1 Å². The number of rotatable bonds is 3. The summed E-state index contributed by atoms with van der Waals surface area (Å²) in [7, 11) is 0. The number of carboxylic acids is 1. The molecule has 110 valence electrons. The predicted molar refractivity (Wildman–Crippen MR) is 77.2 cm³/mol. The zero-order valence-electron chi connectivity index (χ0n) is 12.6. The minimum Gasteiger partial charge on any atom is -0.481 e. The van der Waals surface area contributed by atoms with E-state index >= 15 is 0 Å². The van der Waals surface area contributed by atoms with Crippen molar-refractivity contribution in [3.05, 3.63) is 24.3 Å². The molecule has 1 aromatic heterocycles. The van der Waals surface area contributed by atoms with Gasteiger partial charge >= 0.3 is 5.97 Å². The van der Waals surface area contributed by atoms with Crippen LogP contribution in [0.4, 0.5) is 0 Å². The normalized spacial score (nSPS) is 27.2. The average molecular weight is 276 g/mol. The molecule has 0 atom stereocenters. The number of carbonyl (C=O) groups is 1. The molecular formula is C16H24N2O2. The number of aromatic nitrogens is 2. The first-order chi connectivity index (χ1) is 9.33. The quantitative estimate of drug-likeness (QED) is 0.919. The molecule has 0 aliphatic heterocycles. The number of nitrogens with zero attached hydrogens (tertiary/aromatic N) is 2. The van der Waals surface area contributed by atoms with Crippen LogP contribution in [-0.2, 0) is 11.2 Å². The molecule has 1 aliphatic rings. The highest BCUT2D eigenvalue weighted by Gasteiger charge is 2.44. The first-order valence-corrected chi connectivity index (χ1v) is 7.33. The van der Waals surface area contributed by atoms with E-state index in [2.05, 4.69) is 30.7 Å². The molecule has 0 bridgehead atoms. The third-order valence-corrected chi connectivity index (χ3v) is 4.74. The van der Waals surface area contributed by atoms with Gasteiger partial charge in [0, 0.05) is 18.8 Å². The summed E-state index contributed by atoms with van der Waals surface area (Å²) in [6.07, 6.45) is 7.20. The van der Waals surface area contributed by atoms with E-state index in [9.17, 15) is 9.90 Å². The Bertz CT molecular complexity index is 457. The molecule has 1 fully saturated rings. The van der Waals surface area contributed by atoms with Crippen molar-refractivity contribution in [1.29, 1.82) is 0 Å². The number of hydrogen-bond donors (Lipinski definition) is 1. The van der Waals surface area contributed by atoms with E-state index < -0.39 is 11.4 Å². The van der Waals surface area contributed by atoms with Crippen LogP contribution in [0.25, 0.3) is 0 Å². The van der Waals surface area contributed by atoms with Crippen LogP contribution in [0.5, 0.6) is 0 Å². The van der Waals surface area contributed by atoms with E-state index in [1.54, 1.807) is 18.5 Å². The predicted octanol–water partition coefficient (Wildman–Crippen LogP) is 3.33. The largest absolute Gasteiger partial charge is 0.481 e. The van der Waals surface area contributed by atoms with Crippen molar-refractivity contribution in [1.82, 2.24) is 9.97 Å². The van der Waals surface area contributed by atoms with Crippen molar-refractivity contribution < 1.29 is 9.90 Å². The molecule has 1 heterocycles. The molecule has 0 aromatic carbocycles. The lowest BCUT2D eigenvalue weighted by Gasteiger charge is -2.41. The van der Waals surface area contributed by atoms with Crippen molar-refractivity contribution in [3.8, 4) is 0 Å². The highest BCUT2D eigenvalue weighted by Crippen LogP contribution is 2.46. The van der Waals surface area contributed by atoms with Gasteiger partial charge < -0.3 is 5.11 Å². The van der Waals surface area contributed by atoms with Crippen LogP contribution in [0, 0.1) is 16.7 Å². The van der Waals surface area contributed by atoms with Crippen molar-refractivity contribution in [3.63, 3.8) is 0 Å². The van der Waals surface area contributed by atoms with Gasteiger partial charge in [0.1, 0.15) is 5.82 Å². The Morgan fingerprint density at radius 1 is 1.30 bits per heavy atom. The average Bonchev–Trinajstić information content (AvgIpc) is 2.39. The standard InChI is InChI=1S/C16H24N2O2/c1-15(2,3)12-5-7-16(8-6-12,14(19)20)11-13-17-9-4-10-18-13/h4,9-10,12H,5-8,11H2,1-3H3,(H,19,20). The summed E-state index contributed by atoms with van der Waals surface area (Å²) in [4.78, 5) is 20.2. The fraction of sp³-hybridized carbons (Fsp3) is 0.688. The maximum absolute atomic E-state index is 11.8. The molecule has 0 unspecified atom stereocenters. The summed E-state index contributed by atoms with van der Waals surface area (Å²) >= 11 is 0. The molecule has 20 heavy (non-hydrogen) atoms. The first kappa shape index (κ1) is 14.9. The van der Waals surface area contributed by atoms with Gasteiger partial charge in [-0.3, -0.25) is 4.79 Å². The van der Waals surface area contributed by atoms with E-state index in [1.165, 1.54) is 0 Å².